The lowest BCUT2D eigenvalue weighted by Crippen LogP contribution is -2.13. The lowest BCUT2D eigenvalue weighted by Gasteiger charge is -2.20. The van der Waals surface area contributed by atoms with E-state index < -0.39 is 0 Å². The summed E-state index contributed by atoms with van der Waals surface area (Å²) in [4.78, 5) is 9.20. The van der Waals surface area contributed by atoms with Gasteiger partial charge in [0.05, 0.1) is 17.8 Å². The molecule has 0 aliphatic heterocycles. The molecule has 0 saturated carbocycles. The topological polar surface area (TPSA) is 52.3 Å². The summed E-state index contributed by atoms with van der Waals surface area (Å²) in [6.07, 6.45) is 13.4. The molecule has 134 valence electrons. The molecule has 5 heteroatoms. The molecule has 5 rings (SSSR count). The van der Waals surface area contributed by atoms with Crippen molar-refractivity contribution in [3.8, 4) is 11.1 Å². The number of benzene rings is 1. The number of nitrogens with zero attached hydrogens (tertiary/aromatic N) is 4. The fourth-order valence-electron chi connectivity index (χ4n) is 3.85. The third-order valence-electron chi connectivity index (χ3n) is 5.36. The summed E-state index contributed by atoms with van der Waals surface area (Å²) in [5, 5.41) is 5.68. The highest BCUT2D eigenvalue weighted by atomic mass is 16.5. The SMILES string of the molecule is COC1CC=C(c2cnc3c(-c4ccnc5ccccc45)cnn3c2)CC1. The van der Waals surface area contributed by atoms with Crippen molar-refractivity contribution in [2.45, 2.75) is 25.4 Å². The molecule has 27 heavy (non-hydrogen) atoms. The van der Waals surface area contributed by atoms with Crippen LogP contribution in [0.4, 0.5) is 0 Å². The molecular formula is C22H20N4O. The number of methoxy groups -OCH3 is 1. The maximum Gasteiger partial charge on any atom is 0.162 e. The molecule has 1 aromatic carbocycles. The zero-order chi connectivity index (χ0) is 18.2. The summed E-state index contributed by atoms with van der Waals surface area (Å²) in [5.74, 6) is 0. The standard InChI is InChI=1S/C22H20N4O/c1-27-17-8-6-15(7-9-17)16-12-24-22-20(13-25-26(22)14-16)18-10-11-23-21-5-3-2-4-19(18)21/h2-6,10-14,17H,7-9H2,1H3. The average Bonchev–Trinajstić information content (AvgIpc) is 3.16. The number of para-hydroxylation sites is 1. The highest BCUT2D eigenvalue weighted by Gasteiger charge is 2.17. The maximum atomic E-state index is 5.45. The lowest BCUT2D eigenvalue weighted by molar-refractivity contribution is 0.0964. The van der Waals surface area contributed by atoms with Gasteiger partial charge in [-0.1, -0.05) is 24.3 Å². The first kappa shape index (κ1) is 16.1. The minimum absolute atomic E-state index is 0.335. The molecule has 0 fully saturated rings. The van der Waals surface area contributed by atoms with Crippen LogP contribution in [0.5, 0.6) is 0 Å². The number of rotatable bonds is 3. The van der Waals surface area contributed by atoms with Crippen LogP contribution < -0.4 is 0 Å². The smallest absolute Gasteiger partial charge is 0.162 e. The summed E-state index contributed by atoms with van der Waals surface area (Å²) in [6.45, 7) is 0. The van der Waals surface area contributed by atoms with Crippen molar-refractivity contribution in [3.05, 3.63) is 66.8 Å². The summed E-state index contributed by atoms with van der Waals surface area (Å²) in [7, 11) is 1.78. The van der Waals surface area contributed by atoms with Crippen LogP contribution in [0.25, 0.3) is 33.3 Å². The highest BCUT2D eigenvalue weighted by Crippen LogP contribution is 2.31. The van der Waals surface area contributed by atoms with Crippen LogP contribution in [-0.2, 0) is 4.74 Å². The van der Waals surface area contributed by atoms with Crippen molar-refractivity contribution in [3.63, 3.8) is 0 Å². The molecule has 0 bridgehead atoms. The van der Waals surface area contributed by atoms with Gasteiger partial charge in [-0.05, 0) is 42.5 Å². The summed E-state index contributed by atoms with van der Waals surface area (Å²) >= 11 is 0. The molecule has 0 saturated heterocycles. The van der Waals surface area contributed by atoms with Crippen LogP contribution >= 0.6 is 0 Å². The van der Waals surface area contributed by atoms with Gasteiger partial charge in [-0.3, -0.25) is 4.98 Å². The van der Waals surface area contributed by atoms with Crippen LogP contribution in [0.3, 0.4) is 0 Å². The fourth-order valence-corrected chi connectivity index (χ4v) is 3.85. The maximum absolute atomic E-state index is 5.45. The van der Waals surface area contributed by atoms with Crippen molar-refractivity contribution < 1.29 is 4.74 Å². The van der Waals surface area contributed by atoms with Crippen molar-refractivity contribution in [1.29, 1.82) is 0 Å². The van der Waals surface area contributed by atoms with Gasteiger partial charge in [-0.2, -0.15) is 5.10 Å². The monoisotopic (exact) mass is 356 g/mol. The van der Waals surface area contributed by atoms with Gasteiger partial charge in [0.1, 0.15) is 0 Å². The van der Waals surface area contributed by atoms with Gasteiger partial charge in [0.25, 0.3) is 0 Å². The molecule has 1 aliphatic carbocycles. The van der Waals surface area contributed by atoms with Gasteiger partial charge in [-0.25, -0.2) is 9.50 Å². The quantitative estimate of drug-likeness (QED) is 0.541. The van der Waals surface area contributed by atoms with E-state index in [0.29, 0.717) is 6.10 Å². The molecule has 0 N–H and O–H groups in total. The van der Waals surface area contributed by atoms with Gasteiger partial charge in [-0.15, -0.1) is 0 Å². The Morgan fingerprint density at radius 1 is 1.07 bits per heavy atom. The van der Waals surface area contributed by atoms with Crippen LogP contribution in [-0.4, -0.2) is 32.8 Å². The zero-order valence-corrected chi connectivity index (χ0v) is 15.2. The molecule has 1 aliphatic rings. The third kappa shape index (κ3) is 2.80. The number of hydrogen-bond donors (Lipinski definition) is 0. The zero-order valence-electron chi connectivity index (χ0n) is 15.2. The summed E-state index contributed by atoms with van der Waals surface area (Å²) in [5.41, 5.74) is 6.43. The van der Waals surface area contributed by atoms with Crippen molar-refractivity contribution in [1.82, 2.24) is 19.6 Å². The van der Waals surface area contributed by atoms with Crippen LogP contribution in [0, 0.1) is 0 Å². The van der Waals surface area contributed by atoms with E-state index in [1.165, 1.54) is 5.57 Å². The van der Waals surface area contributed by atoms with Gasteiger partial charge < -0.3 is 4.74 Å². The molecule has 1 atom stereocenters. The average molecular weight is 356 g/mol. The molecule has 0 radical (unpaired) electrons. The molecule has 3 aromatic heterocycles. The Balaban J connectivity index is 1.57. The minimum Gasteiger partial charge on any atom is -0.381 e. The number of hydrogen-bond acceptors (Lipinski definition) is 4. The Morgan fingerprint density at radius 2 is 2.00 bits per heavy atom. The first-order valence-electron chi connectivity index (χ1n) is 9.23. The van der Waals surface area contributed by atoms with E-state index in [2.05, 4.69) is 28.4 Å². The van der Waals surface area contributed by atoms with E-state index >= 15 is 0 Å². The largest absolute Gasteiger partial charge is 0.381 e. The predicted octanol–water partition coefficient (Wildman–Crippen LogP) is 4.53. The Hall–Kier alpha value is -3.05. The third-order valence-corrected chi connectivity index (χ3v) is 5.36. The van der Waals surface area contributed by atoms with Gasteiger partial charge in [0, 0.05) is 42.2 Å². The molecule has 3 heterocycles. The van der Waals surface area contributed by atoms with Gasteiger partial charge in [0.2, 0.25) is 0 Å². The number of fused-ring (bicyclic) bond motifs is 2. The second-order valence-electron chi connectivity index (χ2n) is 6.91. The second kappa shape index (κ2) is 6.59. The van der Waals surface area contributed by atoms with E-state index in [1.54, 1.807) is 7.11 Å². The first-order chi connectivity index (χ1) is 13.3. The normalized spacial score (nSPS) is 17.4. The Bertz CT molecular complexity index is 1160. The molecule has 5 nitrogen and oxygen atoms in total. The molecule has 4 aromatic rings. The number of ether oxygens (including phenoxy) is 1. The summed E-state index contributed by atoms with van der Waals surface area (Å²) < 4.78 is 7.33. The van der Waals surface area contributed by atoms with Crippen LogP contribution in [0.15, 0.2) is 61.2 Å². The van der Waals surface area contributed by atoms with Crippen molar-refractivity contribution in [2.24, 2.45) is 0 Å². The number of allylic oxidation sites excluding steroid dienone is 1. The molecule has 0 spiro atoms. The van der Waals surface area contributed by atoms with Gasteiger partial charge in [0.15, 0.2) is 5.65 Å². The van der Waals surface area contributed by atoms with Crippen LogP contribution in [0.1, 0.15) is 24.8 Å². The fraction of sp³-hybridized carbons (Fsp3) is 0.227. The van der Waals surface area contributed by atoms with E-state index in [0.717, 1.165) is 52.5 Å². The Labute approximate surface area is 157 Å². The minimum atomic E-state index is 0.335. The van der Waals surface area contributed by atoms with Gasteiger partial charge >= 0.3 is 0 Å². The lowest BCUT2D eigenvalue weighted by atomic mass is 9.93. The molecule has 0 amide bonds. The predicted molar refractivity (Wildman–Crippen MR) is 106 cm³/mol. The summed E-state index contributed by atoms with van der Waals surface area (Å²) in [6, 6.07) is 10.2. The highest BCUT2D eigenvalue weighted by molar-refractivity contribution is 5.97. The Morgan fingerprint density at radius 3 is 2.85 bits per heavy atom. The van der Waals surface area contributed by atoms with E-state index in [1.807, 2.05) is 47.4 Å². The number of aromatic nitrogens is 4. The number of pyridine rings is 1. The van der Waals surface area contributed by atoms with E-state index in [4.69, 9.17) is 9.72 Å². The van der Waals surface area contributed by atoms with Crippen LogP contribution in [0.2, 0.25) is 0 Å². The van der Waals surface area contributed by atoms with Crippen molar-refractivity contribution >= 4 is 22.1 Å². The molecular weight excluding hydrogens is 336 g/mol. The first-order valence-corrected chi connectivity index (χ1v) is 9.23. The van der Waals surface area contributed by atoms with E-state index in [-0.39, 0.29) is 0 Å². The van der Waals surface area contributed by atoms with E-state index in [9.17, 15) is 0 Å². The second-order valence-corrected chi connectivity index (χ2v) is 6.91. The Kier molecular flexibility index (Phi) is 3.94. The molecule has 1 unspecified atom stereocenters. The van der Waals surface area contributed by atoms with Crippen molar-refractivity contribution in [2.75, 3.05) is 7.11 Å².